The highest BCUT2D eigenvalue weighted by Crippen LogP contribution is 2.25. The molecule has 0 saturated heterocycles. The predicted octanol–water partition coefficient (Wildman–Crippen LogP) is 1.39. The van der Waals surface area contributed by atoms with Gasteiger partial charge in [0.1, 0.15) is 17.6 Å². The molecule has 3 rings (SSSR count). The van der Waals surface area contributed by atoms with Gasteiger partial charge in [-0.1, -0.05) is 11.6 Å². The maximum absolute atomic E-state index is 12.3. The second-order valence-corrected chi connectivity index (χ2v) is 6.57. The van der Waals surface area contributed by atoms with Crippen LogP contribution in [0, 0.1) is 0 Å². The molecule has 7 nitrogen and oxygen atoms in total. The molecule has 110 valence electrons. The van der Waals surface area contributed by atoms with Gasteiger partial charge in [-0.15, -0.1) is 0 Å². The van der Waals surface area contributed by atoms with Crippen molar-refractivity contribution >= 4 is 32.5 Å². The van der Waals surface area contributed by atoms with Crippen molar-refractivity contribution in [2.75, 3.05) is 6.54 Å². The van der Waals surface area contributed by atoms with Crippen LogP contribution in [0.1, 0.15) is 0 Å². The van der Waals surface area contributed by atoms with Gasteiger partial charge in [-0.3, -0.25) is 4.68 Å². The Morgan fingerprint density at radius 3 is 3.00 bits per heavy atom. The Hall–Kier alpha value is -1.90. The summed E-state index contributed by atoms with van der Waals surface area (Å²) < 4.78 is 28.7. The lowest BCUT2D eigenvalue weighted by Crippen LogP contribution is -2.27. The third-order valence-electron chi connectivity index (χ3n) is 2.99. The van der Waals surface area contributed by atoms with Crippen molar-refractivity contribution in [2.45, 2.75) is 11.4 Å². The number of benzene rings is 1. The van der Waals surface area contributed by atoms with Crippen LogP contribution >= 0.6 is 11.6 Å². The van der Waals surface area contributed by atoms with E-state index in [1.807, 2.05) is 0 Å². The molecule has 0 amide bonds. The van der Waals surface area contributed by atoms with Crippen LogP contribution in [-0.4, -0.2) is 34.7 Å². The number of nitrogens with zero attached hydrogens (tertiary/aromatic N) is 3. The molecule has 0 spiro atoms. The average molecular weight is 326 g/mol. The van der Waals surface area contributed by atoms with Crippen LogP contribution in [0.15, 0.2) is 41.9 Å². The fourth-order valence-corrected chi connectivity index (χ4v) is 3.38. The number of halogens is 1. The highest BCUT2D eigenvalue weighted by molar-refractivity contribution is 7.89. The molecule has 9 heteroatoms. The maximum atomic E-state index is 12.3. The van der Waals surface area contributed by atoms with E-state index in [9.17, 15) is 8.42 Å². The molecule has 2 N–H and O–H groups in total. The Labute approximate surface area is 126 Å². The van der Waals surface area contributed by atoms with Gasteiger partial charge in [0, 0.05) is 28.7 Å². The minimum Gasteiger partial charge on any atom is -0.360 e. The lowest BCUT2D eigenvalue weighted by Gasteiger charge is -2.05. The number of aromatic nitrogens is 4. The largest absolute Gasteiger partial charge is 0.360 e. The van der Waals surface area contributed by atoms with Crippen molar-refractivity contribution in [2.24, 2.45) is 0 Å². The Morgan fingerprint density at radius 1 is 1.38 bits per heavy atom. The highest BCUT2D eigenvalue weighted by Gasteiger charge is 2.18. The Kier molecular flexibility index (Phi) is 3.66. The third-order valence-corrected chi connectivity index (χ3v) is 4.73. The van der Waals surface area contributed by atoms with Gasteiger partial charge in [-0.25, -0.2) is 18.1 Å². The lowest BCUT2D eigenvalue weighted by molar-refractivity contribution is 0.561. The summed E-state index contributed by atoms with van der Waals surface area (Å²) in [5.41, 5.74) is 0.680. The molecule has 21 heavy (non-hydrogen) atoms. The summed E-state index contributed by atoms with van der Waals surface area (Å²) in [4.78, 5) is 6.90. The van der Waals surface area contributed by atoms with Gasteiger partial charge >= 0.3 is 0 Å². The van der Waals surface area contributed by atoms with E-state index in [2.05, 4.69) is 19.8 Å². The van der Waals surface area contributed by atoms with Gasteiger partial charge in [0.25, 0.3) is 0 Å². The van der Waals surface area contributed by atoms with Crippen molar-refractivity contribution in [3.05, 3.63) is 42.1 Å². The molecule has 0 bridgehead atoms. The first kappa shape index (κ1) is 14.1. The van der Waals surface area contributed by atoms with Gasteiger partial charge in [-0.2, -0.15) is 5.10 Å². The molecule has 0 atom stereocenters. The van der Waals surface area contributed by atoms with Crippen LogP contribution in [-0.2, 0) is 16.6 Å². The first-order chi connectivity index (χ1) is 10.1. The van der Waals surface area contributed by atoms with Crippen LogP contribution in [0.4, 0.5) is 0 Å². The summed E-state index contributed by atoms with van der Waals surface area (Å²) in [5, 5.41) is 5.06. The Bertz CT molecular complexity index is 857. The molecular weight excluding hydrogens is 314 g/mol. The van der Waals surface area contributed by atoms with Crippen molar-refractivity contribution in [1.82, 2.24) is 24.5 Å². The summed E-state index contributed by atoms with van der Waals surface area (Å²) >= 11 is 5.88. The average Bonchev–Trinajstić information content (AvgIpc) is 3.06. The second kappa shape index (κ2) is 5.47. The van der Waals surface area contributed by atoms with Gasteiger partial charge in [0.05, 0.1) is 6.54 Å². The lowest BCUT2D eigenvalue weighted by atomic mass is 10.2. The standard InChI is InChI=1S/C12H12ClN5O2S/c13-9-1-2-10-11(5-9)15-6-12(10)21(19,20)17-3-4-18-8-14-7-16-18/h1-2,5-8,15,17H,3-4H2. The van der Waals surface area contributed by atoms with E-state index in [0.29, 0.717) is 22.5 Å². The quantitative estimate of drug-likeness (QED) is 0.741. The first-order valence-electron chi connectivity index (χ1n) is 6.15. The van der Waals surface area contributed by atoms with Gasteiger partial charge in [0.15, 0.2) is 0 Å². The predicted molar refractivity (Wildman–Crippen MR) is 78.5 cm³/mol. The van der Waals surface area contributed by atoms with Crippen molar-refractivity contribution in [1.29, 1.82) is 0 Å². The minimum absolute atomic E-state index is 0.202. The van der Waals surface area contributed by atoms with Gasteiger partial charge < -0.3 is 4.98 Å². The summed E-state index contributed by atoms with van der Waals surface area (Å²) in [6.07, 6.45) is 4.39. The summed E-state index contributed by atoms with van der Waals surface area (Å²) in [7, 11) is -3.60. The number of nitrogens with one attached hydrogen (secondary N) is 2. The normalized spacial score (nSPS) is 12.0. The van der Waals surface area contributed by atoms with Crippen LogP contribution in [0.3, 0.4) is 0 Å². The van der Waals surface area contributed by atoms with E-state index in [4.69, 9.17) is 11.6 Å². The third kappa shape index (κ3) is 2.92. The molecule has 0 aliphatic heterocycles. The SMILES string of the molecule is O=S(=O)(NCCn1cncn1)c1c[nH]c2cc(Cl)ccc12. The zero-order valence-corrected chi connectivity index (χ0v) is 12.4. The summed E-state index contributed by atoms with van der Waals surface area (Å²) in [6.45, 7) is 0.638. The number of rotatable bonds is 5. The highest BCUT2D eigenvalue weighted by atomic mass is 35.5. The fraction of sp³-hybridized carbons (Fsp3) is 0.167. The molecule has 0 fully saturated rings. The molecule has 1 aromatic carbocycles. The number of fused-ring (bicyclic) bond motifs is 1. The smallest absolute Gasteiger partial charge is 0.242 e. The first-order valence-corrected chi connectivity index (χ1v) is 8.01. The Balaban J connectivity index is 1.80. The van der Waals surface area contributed by atoms with E-state index in [1.165, 1.54) is 18.9 Å². The van der Waals surface area contributed by atoms with Crippen LogP contribution in [0.5, 0.6) is 0 Å². The maximum Gasteiger partial charge on any atom is 0.242 e. The molecule has 2 aromatic heterocycles. The van der Waals surface area contributed by atoms with Crippen molar-refractivity contribution in [3.8, 4) is 0 Å². The molecule has 0 radical (unpaired) electrons. The Morgan fingerprint density at radius 2 is 2.24 bits per heavy atom. The number of sulfonamides is 1. The number of H-pyrrole nitrogens is 1. The van der Waals surface area contributed by atoms with E-state index < -0.39 is 10.0 Å². The van der Waals surface area contributed by atoms with Crippen LogP contribution in [0.25, 0.3) is 10.9 Å². The van der Waals surface area contributed by atoms with E-state index in [1.54, 1.807) is 22.9 Å². The number of hydrogen-bond acceptors (Lipinski definition) is 4. The van der Waals surface area contributed by atoms with Crippen LogP contribution in [0.2, 0.25) is 5.02 Å². The van der Waals surface area contributed by atoms with Crippen molar-refractivity contribution < 1.29 is 8.42 Å². The van der Waals surface area contributed by atoms with E-state index in [0.717, 1.165) is 0 Å². The summed E-state index contributed by atoms with van der Waals surface area (Å²) in [5.74, 6) is 0. The van der Waals surface area contributed by atoms with E-state index in [-0.39, 0.29) is 11.4 Å². The molecule has 0 aliphatic carbocycles. The molecule has 2 heterocycles. The number of aromatic amines is 1. The topological polar surface area (TPSA) is 92.7 Å². The second-order valence-electron chi connectivity index (χ2n) is 4.40. The molecule has 3 aromatic rings. The molecule has 0 saturated carbocycles. The monoisotopic (exact) mass is 325 g/mol. The zero-order valence-electron chi connectivity index (χ0n) is 10.8. The molecule has 0 unspecified atom stereocenters. The molecule has 0 aliphatic rings. The fourth-order valence-electron chi connectivity index (χ4n) is 2.01. The number of hydrogen-bond donors (Lipinski definition) is 2. The van der Waals surface area contributed by atoms with E-state index >= 15 is 0 Å². The summed E-state index contributed by atoms with van der Waals surface area (Å²) in [6, 6.07) is 5.03. The zero-order chi connectivity index (χ0) is 14.9. The van der Waals surface area contributed by atoms with Crippen molar-refractivity contribution in [3.63, 3.8) is 0 Å². The van der Waals surface area contributed by atoms with Crippen LogP contribution < -0.4 is 4.72 Å². The minimum atomic E-state index is -3.60. The molecular formula is C12H12ClN5O2S. The van der Waals surface area contributed by atoms with Gasteiger partial charge in [-0.05, 0) is 18.2 Å². The van der Waals surface area contributed by atoms with Gasteiger partial charge in [0.2, 0.25) is 10.0 Å².